The number of aliphatic hydroxyl groups is 1. The molecule has 0 spiro atoms. The third-order valence-corrected chi connectivity index (χ3v) is 5.80. The molecule has 11 heteroatoms. The van der Waals surface area contributed by atoms with Crippen LogP contribution >= 0.6 is 0 Å². The Balaban J connectivity index is 1.75. The Hall–Kier alpha value is -2.79. The van der Waals surface area contributed by atoms with Gasteiger partial charge in [-0.15, -0.1) is 0 Å². The number of alkyl halides is 2. The molecule has 0 bridgehead atoms. The molecule has 1 aromatic carbocycles. The van der Waals surface area contributed by atoms with E-state index in [0.717, 1.165) is 0 Å². The largest absolute Gasteiger partial charge is 0.444 e. The first-order valence-corrected chi connectivity index (χ1v) is 11.4. The summed E-state index contributed by atoms with van der Waals surface area (Å²) in [6, 6.07) is 6.20. The van der Waals surface area contributed by atoms with Gasteiger partial charge in [-0.3, -0.25) is 9.59 Å². The van der Waals surface area contributed by atoms with Crippen molar-refractivity contribution in [2.75, 3.05) is 26.3 Å². The molecule has 3 N–H and O–H groups in total. The van der Waals surface area contributed by atoms with Crippen molar-refractivity contribution in [3.63, 3.8) is 0 Å². The van der Waals surface area contributed by atoms with Gasteiger partial charge in [0.15, 0.2) is 6.10 Å². The SMILES string of the molecule is CCCNC(=O)C1CC(F)(F)CN1C(=O)C(O)C(Cc1ccccc1)NC(=O)OC1CCOC1. The molecule has 2 heterocycles. The van der Waals surface area contributed by atoms with Crippen LogP contribution in [-0.2, 0) is 25.5 Å². The number of nitrogens with one attached hydrogen (secondary N) is 2. The molecule has 0 aromatic heterocycles. The van der Waals surface area contributed by atoms with E-state index >= 15 is 0 Å². The van der Waals surface area contributed by atoms with Crippen LogP contribution in [0.3, 0.4) is 0 Å². The maximum Gasteiger partial charge on any atom is 0.407 e. The van der Waals surface area contributed by atoms with E-state index in [2.05, 4.69) is 10.6 Å². The number of carbonyl (C=O) groups excluding carboxylic acids is 3. The number of alkyl carbamates (subject to hydrolysis) is 1. The molecular formula is C23H31F2N3O6. The molecular weight excluding hydrogens is 452 g/mol. The molecule has 2 aliphatic rings. The lowest BCUT2D eigenvalue weighted by Crippen LogP contribution is -2.56. The zero-order valence-electron chi connectivity index (χ0n) is 19.0. The molecule has 188 valence electrons. The highest BCUT2D eigenvalue weighted by atomic mass is 19.3. The Morgan fingerprint density at radius 3 is 2.68 bits per heavy atom. The minimum atomic E-state index is -3.27. The van der Waals surface area contributed by atoms with E-state index < -0.39 is 61.1 Å². The van der Waals surface area contributed by atoms with Crippen LogP contribution in [0.4, 0.5) is 13.6 Å². The fraction of sp³-hybridized carbons (Fsp3) is 0.609. The topological polar surface area (TPSA) is 117 Å². The fourth-order valence-electron chi connectivity index (χ4n) is 4.04. The number of aliphatic hydroxyl groups excluding tert-OH is 1. The van der Waals surface area contributed by atoms with Crippen LogP contribution in [0, 0.1) is 0 Å². The smallest absolute Gasteiger partial charge is 0.407 e. The second-order valence-electron chi connectivity index (χ2n) is 8.61. The van der Waals surface area contributed by atoms with Crippen molar-refractivity contribution in [3.8, 4) is 0 Å². The second kappa shape index (κ2) is 11.6. The second-order valence-corrected chi connectivity index (χ2v) is 8.61. The first-order chi connectivity index (χ1) is 16.2. The van der Waals surface area contributed by atoms with E-state index in [0.29, 0.717) is 29.9 Å². The van der Waals surface area contributed by atoms with E-state index in [9.17, 15) is 28.3 Å². The van der Waals surface area contributed by atoms with Crippen LogP contribution in [0.1, 0.15) is 31.7 Å². The average Bonchev–Trinajstić information content (AvgIpc) is 3.43. The Bertz CT molecular complexity index is 850. The molecule has 34 heavy (non-hydrogen) atoms. The zero-order chi connectivity index (χ0) is 24.7. The van der Waals surface area contributed by atoms with Gasteiger partial charge in [-0.05, 0) is 18.4 Å². The highest BCUT2D eigenvalue weighted by Crippen LogP contribution is 2.33. The molecule has 3 rings (SSSR count). The van der Waals surface area contributed by atoms with Gasteiger partial charge in [-0.25, -0.2) is 13.6 Å². The molecule has 2 aliphatic heterocycles. The summed E-state index contributed by atoms with van der Waals surface area (Å²) in [6.45, 7) is 1.80. The highest BCUT2D eigenvalue weighted by Gasteiger charge is 2.51. The minimum Gasteiger partial charge on any atom is -0.444 e. The summed E-state index contributed by atoms with van der Waals surface area (Å²) in [7, 11) is 0. The van der Waals surface area contributed by atoms with Crippen LogP contribution < -0.4 is 10.6 Å². The summed E-state index contributed by atoms with van der Waals surface area (Å²) in [5, 5.41) is 15.9. The number of rotatable bonds is 9. The van der Waals surface area contributed by atoms with Crippen molar-refractivity contribution in [2.24, 2.45) is 0 Å². The lowest BCUT2D eigenvalue weighted by molar-refractivity contribution is -0.147. The fourth-order valence-corrected chi connectivity index (χ4v) is 4.04. The predicted octanol–water partition coefficient (Wildman–Crippen LogP) is 1.24. The number of halogens is 2. The van der Waals surface area contributed by atoms with Crippen LogP contribution in [0.25, 0.3) is 0 Å². The van der Waals surface area contributed by atoms with Crippen LogP contribution in [0.15, 0.2) is 30.3 Å². The lowest BCUT2D eigenvalue weighted by atomic mass is 10.00. The third kappa shape index (κ3) is 6.86. The molecule has 2 fully saturated rings. The number of hydrogen-bond donors (Lipinski definition) is 3. The monoisotopic (exact) mass is 483 g/mol. The number of nitrogens with zero attached hydrogens (tertiary/aromatic N) is 1. The Labute approximate surface area is 196 Å². The standard InChI is InChI=1S/C23H31F2N3O6/c1-2-9-26-20(30)18-12-23(24,25)14-28(18)21(31)19(29)17(11-15-6-4-3-5-7-15)27-22(32)34-16-8-10-33-13-16/h3-7,16-19,29H,2,8-14H2,1H3,(H,26,30)(H,27,32). The summed E-state index contributed by atoms with van der Waals surface area (Å²) in [4.78, 5) is 38.7. The quantitative estimate of drug-likeness (QED) is 0.487. The molecule has 3 amide bonds. The van der Waals surface area contributed by atoms with Gasteiger partial charge in [-0.2, -0.15) is 0 Å². The summed E-state index contributed by atoms with van der Waals surface area (Å²) in [6.07, 6.45) is -2.84. The highest BCUT2D eigenvalue weighted by molar-refractivity contribution is 5.90. The number of likely N-dealkylation sites (tertiary alicyclic amines) is 1. The van der Waals surface area contributed by atoms with Crippen molar-refractivity contribution in [2.45, 2.75) is 62.8 Å². The summed E-state index contributed by atoms with van der Waals surface area (Å²) in [5.41, 5.74) is 0.702. The molecule has 0 saturated carbocycles. The van der Waals surface area contributed by atoms with Crippen molar-refractivity contribution in [3.05, 3.63) is 35.9 Å². The number of carbonyl (C=O) groups is 3. The van der Waals surface area contributed by atoms with Crippen molar-refractivity contribution < 1.29 is 37.7 Å². The maximum atomic E-state index is 14.2. The first-order valence-electron chi connectivity index (χ1n) is 11.4. The summed E-state index contributed by atoms with van der Waals surface area (Å²) >= 11 is 0. The predicted molar refractivity (Wildman–Crippen MR) is 117 cm³/mol. The van der Waals surface area contributed by atoms with Crippen LogP contribution in [-0.4, -0.2) is 84.4 Å². The van der Waals surface area contributed by atoms with E-state index in [1.54, 1.807) is 30.3 Å². The number of hydrogen-bond acceptors (Lipinski definition) is 6. The Morgan fingerprint density at radius 1 is 1.29 bits per heavy atom. The Kier molecular flexibility index (Phi) is 8.78. The number of benzene rings is 1. The molecule has 4 atom stereocenters. The number of ether oxygens (including phenoxy) is 2. The van der Waals surface area contributed by atoms with Gasteiger partial charge in [0.25, 0.3) is 11.8 Å². The van der Waals surface area contributed by atoms with Gasteiger partial charge >= 0.3 is 6.09 Å². The summed E-state index contributed by atoms with van der Waals surface area (Å²) < 4.78 is 38.8. The van der Waals surface area contributed by atoms with Crippen LogP contribution in [0.2, 0.25) is 0 Å². The molecule has 9 nitrogen and oxygen atoms in total. The molecule has 0 radical (unpaired) electrons. The average molecular weight is 484 g/mol. The van der Waals surface area contributed by atoms with E-state index in [1.165, 1.54) is 0 Å². The minimum absolute atomic E-state index is 0.0426. The first kappa shape index (κ1) is 25.8. The van der Waals surface area contributed by atoms with Crippen LogP contribution in [0.5, 0.6) is 0 Å². The van der Waals surface area contributed by atoms with Crippen molar-refractivity contribution >= 4 is 17.9 Å². The van der Waals surface area contributed by atoms with Gasteiger partial charge < -0.3 is 30.1 Å². The van der Waals surface area contributed by atoms with E-state index in [1.807, 2.05) is 6.92 Å². The molecule has 2 saturated heterocycles. The van der Waals surface area contributed by atoms with Gasteiger partial charge in [0.2, 0.25) is 5.91 Å². The number of amides is 3. The molecule has 4 unspecified atom stereocenters. The van der Waals surface area contributed by atoms with Gasteiger partial charge in [0, 0.05) is 19.4 Å². The van der Waals surface area contributed by atoms with Gasteiger partial charge in [0.1, 0.15) is 12.1 Å². The van der Waals surface area contributed by atoms with E-state index in [-0.39, 0.29) is 19.6 Å². The normalized spacial score (nSPS) is 23.2. The maximum absolute atomic E-state index is 14.2. The van der Waals surface area contributed by atoms with Crippen molar-refractivity contribution in [1.29, 1.82) is 0 Å². The zero-order valence-corrected chi connectivity index (χ0v) is 19.0. The molecule has 0 aliphatic carbocycles. The summed E-state index contributed by atoms with van der Waals surface area (Å²) in [5.74, 6) is -5.03. The van der Waals surface area contributed by atoms with E-state index in [4.69, 9.17) is 9.47 Å². The lowest BCUT2D eigenvalue weighted by Gasteiger charge is -2.30. The van der Waals surface area contributed by atoms with Gasteiger partial charge in [0.05, 0.1) is 25.8 Å². The molecule has 1 aromatic rings. The Morgan fingerprint density at radius 2 is 2.03 bits per heavy atom. The van der Waals surface area contributed by atoms with Crippen molar-refractivity contribution in [1.82, 2.24) is 15.5 Å². The van der Waals surface area contributed by atoms with Gasteiger partial charge in [-0.1, -0.05) is 37.3 Å². The third-order valence-electron chi connectivity index (χ3n) is 5.80.